The van der Waals surface area contributed by atoms with Gasteiger partial charge in [0.15, 0.2) is 0 Å². The molecule has 1 N–H and O–H groups in total. The topological polar surface area (TPSA) is 38.3 Å². The van der Waals surface area contributed by atoms with E-state index < -0.39 is 0 Å². The number of carbonyl (C=O) groups is 1. The van der Waals surface area contributed by atoms with Gasteiger partial charge >= 0.3 is 5.97 Å². The van der Waals surface area contributed by atoms with Crippen molar-refractivity contribution in [3.63, 3.8) is 0 Å². The zero-order valence-electron chi connectivity index (χ0n) is 12.0. The Bertz CT molecular complexity index is 442. The lowest BCUT2D eigenvalue weighted by molar-refractivity contribution is -0.145. The molecule has 19 heavy (non-hydrogen) atoms. The number of nitrogens with one attached hydrogen (secondary N) is 1. The Labute approximate surface area is 115 Å². The van der Waals surface area contributed by atoms with Crippen LogP contribution in [-0.2, 0) is 9.53 Å². The first-order valence-corrected chi connectivity index (χ1v) is 7.05. The van der Waals surface area contributed by atoms with Crippen molar-refractivity contribution >= 4 is 11.7 Å². The first-order valence-electron chi connectivity index (χ1n) is 7.05. The Morgan fingerprint density at radius 2 is 2.05 bits per heavy atom. The average Bonchev–Trinajstić information content (AvgIpc) is 2.86. The maximum absolute atomic E-state index is 11.5. The molecule has 0 saturated heterocycles. The summed E-state index contributed by atoms with van der Waals surface area (Å²) in [4.78, 5) is 11.5. The molecule has 2 atom stereocenters. The van der Waals surface area contributed by atoms with Crippen molar-refractivity contribution < 1.29 is 9.53 Å². The first kappa shape index (κ1) is 13.9. The molecule has 3 heteroatoms. The molecule has 0 spiro atoms. The number of benzene rings is 1. The third-order valence-electron chi connectivity index (χ3n) is 3.91. The number of carbonyl (C=O) groups excluding carboxylic acids is 1. The summed E-state index contributed by atoms with van der Waals surface area (Å²) < 4.78 is 4.83. The van der Waals surface area contributed by atoms with Crippen molar-refractivity contribution in [3.05, 3.63) is 29.8 Å². The number of hydrogen-bond acceptors (Lipinski definition) is 3. The lowest BCUT2D eigenvalue weighted by atomic mass is 10.0. The monoisotopic (exact) mass is 261 g/mol. The second kappa shape index (κ2) is 6.09. The van der Waals surface area contributed by atoms with Gasteiger partial charge in [0.2, 0.25) is 0 Å². The van der Waals surface area contributed by atoms with Gasteiger partial charge < -0.3 is 10.1 Å². The van der Waals surface area contributed by atoms with E-state index in [1.165, 1.54) is 18.4 Å². The summed E-state index contributed by atoms with van der Waals surface area (Å²) in [7, 11) is 1.47. The molecule has 1 aromatic rings. The molecule has 0 bridgehead atoms. The molecule has 2 rings (SSSR count). The molecule has 0 heterocycles. The minimum atomic E-state index is -0.0681. The predicted molar refractivity (Wildman–Crippen MR) is 77.3 cm³/mol. The van der Waals surface area contributed by atoms with Gasteiger partial charge in [-0.1, -0.05) is 32.0 Å². The quantitative estimate of drug-likeness (QED) is 0.842. The fraction of sp³-hybridized carbons (Fsp3) is 0.562. The summed E-state index contributed by atoms with van der Waals surface area (Å²) in [5, 5.41) is 3.59. The Hall–Kier alpha value is -1.51. The van der Waals surface area contributed by atoms with Crippen molar-refractivity contribution in [2.45, 2.75) is 45.1 Å². The van der Waals surface area contributed by atoms with Crippen LogP contribution in [0.4, 0.5) is 5.69 Å². The summed E-state index contributed by atoms with van der Waals surface area (Å²) in [6.45, 7) is 4.40. The highest BCUT2D eigenvalue weighted by atomic mass is 16.5. The van der Waals surface area contributed by atoms with Gasteiger partial charge in [0.1, 0.15) is 0 Å². The summed E-state index contributed by atoms with van der Waals surface area (Å²) in [5.74, 6) is 0.497. The van der Waals surface area contributed by atoms with Gasteiger partial charge in [0.05, 0.1) is 13.0 Å². The smallest absolute Gasteiger partial charge is 0.308 e. The van der Waals surface area contributed by atoms with E-state index in [9.17, 15) is 4.79 Å². The maximum Gasteiger partial charge on any atom is 0.308 e. The van der Waals surface area contributed by atoms with Crippen LogP contribution in [0.25, 0.3) is 0 Å². The number of rotatable bonds is 4. The van der Waals surface area contributed by atoms with Crippen molar-refractivity contribution in [1.82, 2.24) is 0 Å². The number of esters is 1. The Kier molecular flexibility index (Phi) is 4.46. The fourth-order valence-electron chi connectivity index (χ4n) is 2.85. The molecule has 0 unspecified atom stereocenters. The van der Waals surface area contributed by atoms with Crippen LogP contribution < -0.4 is 5.32 Å². The van der Waals surface area contributed by atoms with E-state index in [0.29, 0.717) is 12.0 Å². The van der Waals surface area contributed by atoms with Gasteiger partial charge in [-0.2, -0.15) is 0 Å². The summed E-state index contributed by atoms with van der Waals surface area (Å²) in [6, 6.07) is 8.80. The standard InChI is InChI=1S/C16H23NO2/c1-11(2)14-6-4-5-7-15(14)17-13-9-8-12(10-13)16(18)19-3/h4-7,11-13,17H,8-10H2,1-3H3/t12-,13-/m0/s1. The SMILES string of the molecule is COC(=O)[C@H]1CC[C@H](Nc2ccccc2C(C)C)C1. The third-order valence-corrected chi connectivity index (χ3v) is 3.91. The lowest BCUT2D eigenvalue weighted by Gasteiger charge is -2.19. The van der Waals surface area contributed by atoms with Gasteiger partial charge in [0.25, 0.3) is 0 Å². The Morgan fingerprint density at radius 3 is 2.74 bits per heavy atom. The zero-order chi connectivity index (χ0) is 13.8. The molecule has 3 nitrogen and oxygen atoms in total. The molecular formula is C16H23NO2. The molecule has 104 valence electrons. The van der Waals surface area contributed by atoms with E-state index in [1.54, 1.807) is 0 Å². The van der Waals surface area contributed by atoms with E-state index in [2.05, 4.69) is 43.4 Å². The number of anilines is 1. The van der Waals surface area contributed by atoms with E-state index in [1.807, 2.05) is 0 Å². The third kappa shape index (κ3) is 3.28. The van der Waals surface area contributed by atoms with E-state index in [-0.39, 0.29) is 11.9 Å². The molecule has 0 amide bonds. The van der Waals surface area contributed by atoms with Crippen molar-refractivity contribution in [2.24, 2.45) is 5.92 Å². The second-order valence-electron chi connectivity index (χ2n) is 5.62. The van der Waals surface area contributed by atoms with Crippen LogP contribution >= 0.6 is 0 Å². The molecule has 0 radical (unpaired) electrons. The van der Waals surface area contributed by atoms with Crippen LogP contribution in [0.2, 0.25) is 0 Å². The number of para-hydroxylation sites is 1. The highest BCUT2D eigenvalue weighted by molar-refractivity contribution is 5.72. The molecule has 0 aromatic heterocycles. The maximum atomic E-state index is 11.5. The van der Waals surface area contributed by atoms with E-state index in [0.717, 1.165) is 19.3 Å². The van der Waals surface area contributed by atoms with Crippen molar-refractivity contribution in [1.29, 1.82) is 0 Å². The minimum absolute atomic E-state index is 0.0636. The lowest BCUT2D eigenvalue weighted by Crippen LogP contribution is -2.19. The summed E-state index contributed by atoms with van der Waals surface area (Å²) in [5.41, 5.74) is 2.54. The van der Waals surface area contributed by atoms with Gasteiger partial charge in [0, 0.05) is 11.7 Å². The van der Waals surface area contributed by atoms with Gasteiger partial charge in [-0.05, 0) is 36.8 Å². The number of hydrogen-bond donors (Lipinski definition) is 1. The largest absolute Gasteiger partial charge is 0.469 e. The second-order valence-corrected chi connectivity index (χ2v) is 5.62. The van der Waals surface area contributed by atoms with Crippen LogP contribution in [0.1, 0.15) is 44.6 Å². The van der Waals surface area contributed by atoms with Crippen LogP contribution in [0.5, 0.6) is 0 Å². The van der Waals surface area contributed by atoms with Gasteiger partial charge in [-0.25, -0.2) is 0 Å². The normalized spacial score (nSPS) is 22.5. The fourth-order valence-corrected chi connectivity index (χ4v) is 2.85. The Balaban J connectivity index is 2.01. The van der Waals surface area contributed by atoms with Crippen molar-refractivity contribution in [3.8, 4) is 0 Å². The highest BCUT2D eigenvalue weighted by Crippen LogP contribution is 2.31. The van der Waals surface area contributed by atoms with Gasteiger partial charge in [-0.15, -0.1) is 0 Å². The number of ether oxygens (including phenoxy) is 1. The first-order chi connectivity index (χ1) is 9.11. The van der Waals surface area contributed by atoms with E-state index >= 15 is 0 Å². The van der Waals surface area contributed by atoms with Crippen LogP contribution in [0, 0.1) is 5.92 Å². The van der Waals surface area contributed by atoms with Crippen LogP contribution in [0.15, 0.2) is 24.3 Å². The summed E-state index contributed by atoms with van der Waals surface area (Å²) >= 11 is 0. The molecule has 1 aromatic carbocycles. The average molecular weight is 261 g/mol. The number of methoxy groups -OCH3 is 1. The molecule has 1 fully saturated rings. The van der Waals surface area contributed by atoms with Crippen LogP contribution in [0.3, 0.4) is 0 Å². The predicted octanol–water partition coefficient (Wildman–Crippen LogP) is 3.56. The highest BCUT2D eigenvalue weighted by Gasteiger charge is 2.30. The molecule has 0 aliphatic heterocycles. The molecule has 1 saturated carbocycles. The molecule has 1 aliphatic rings. The molecule has 1 aliphatic carbocycles. The Morgan fingerprint density at radius 1 is 1.32 bits per heavy atom. The van der Waals surface area contributed by atoms with E-state index in [4.69, 9.17) is 4.74 Å². The summed E-state index contributed by atoms with van der Waals surface area (Å²) in [6.07, 6.45) is 2.83. The minimum Gasteiger partial charge on any atom is -0.469 e. The van der Waals surface area contributed by atoms with Crippen LogP contribution in [-0.4, -0.2) is 19.1 Å². The van der Waals surface area contributed by atoms with Crippen molar-refractivity contribution in [2.75, 3.05) is 12.4 Å². The van der Waals surface area contributed by atoms with Gasteiger partial charge in [-0.3, -0.25) is 4.79 Å². The molecular weight excluding hydrogens is 238 g/mol. The zero-order valence-corrected chi connectivity index (χ0v) is 12.0.